The summed E-state index contributed by atoms with van der Waals surface area (Å²) < 4.78 is 11.8. The number of amides is 1. The zero-order valence-corrected chi connectivity index (χ0v) is 19.8. The Morgan fingerprint density at radius 2 is 2.03 bits per heavy atom. The van der Waals surface area contributed by atoms with E-state index in [2.05, 4.69) is 11.9 Å². The summed E-state index contributed by atoms with van der Waals surface area (Å²) in [6, 6.07) is 8.21. The summed E-state index contributed by atoms with van der Waals surface area (Å²) in [4.78, 5) is 45.0. The van der Waals surface area contributed by atoms with Gasteiger partial charge < -0.3 is 14.1 Å². The molecule has 3 aromatic rings. The summed E-state index contributed by atoms with van der Waals surface area (Å²) in [5, 5.41) is 0.356. The number of carbonyl (C=O) groups excluding carboxylic acids is 2. The van der Waals surface area contributed by atoms with Crippen LogP contribution in [0.5, 0.6) is 0 Å². The zero-order chi connectivity index (χ0) is 23.5. The first kappa shape index (κ1) is 23.1. The molecule has 0 radical (unpaired) electrons. The molecule has 3 heterocycles. The third-order valence-corrected chi connectivity index (χ3v) is 7.04. The normalized spacial score (nSPS) is 15.5. The minimum atomic E-state index is -0.504. The molecule has 4 rings (SSSR count). The number of fused-ring (bicyclic) bond motifs is 1. The highest BCUT2D eigenvalue weighted by atomic mass is 32.2. The van der Waals surface area contributed by atoms with Crippen LogP contribution in [0.15, 0.2) is 51.0 Å². The van der Waals surface area contributed by atoms with Crippen LogP contribution in [0.4, 0.5) is 0 Å². The topological polar surface area (TPSA) is 94.6 Å². The van der Waals surface area contributed by atoms with Crippen LogP contribution in [0.1, 0.15) is 42.8 Å². The van der Waals surface area contributed by atoms with Gasteiger partial charge in [0.2, 0.25) is 5.91 Å². The molecular weight excluding hydrogens is 442 g/mol. The van der Waals surface area contributed by atoms with E-state index in [4.69, 9.17) is 9.15 Å². The van der Waals surface area contributed by atoms with E-state index in [9.17, 15) is 14.4 Å². The van der Waals surface area contributed by atoms with E-state index >= 15 is 0 Å². The lowest BCUT2D eigenvalue weighted by Crippen LogP contribution is -2.42. The van der Waals surface area contributed by atoms with Crippen molar-refractivity contribution in [3.63, 3.8) is 0 Å². The van der Waals surface area contributed by atoms with Crippen LogP contribution >= 0.6 is 11.8 Å². The summed E-state index contributed by atoms with van der Waals surface area (Å²) >= 11 is 1.25. The number of methoxy groups -OCH3 is 1. The van der Waals surface area contributed by atoms with Crippen molar-refractivity contribution in [3.05, 3.63) is 58.3 Å². The highest BCUT2D eigenvalue weighted by Gasteiger charge is 2.27. The third kappa shape index (κ3) is 4.98. The van der Waals surface area contributed by atoms with Gasteiger partial charge in [-0.15, -0.1) is 0 Å². The number of furan rings is 1. The number of ether oxygens (including phenoxy) is 1. The molecule has 0 aliphatic carbocycles. The molecule has 2 aromatic heterocycles. The van der Waals surface area contributed by atoms with E-state index in [1.54, 1.807) is 36.6 Å². The first-order chi connectivity index (χ1) is 15.9. The van der Waals surface area contributed by atoms with E-state index in [0.29, 0.717) is 33.3 Å². The van der Waals surface area contributed by atoms with Crippen LogP contribution in [0.2, 0.25) is 0 Å². The number of benzene rings is 1. The lowest BCUT2D eigenvalue weighted by molar-refractivity contribution is -0.131. The molecule has 0 N–H and O–H groups in total. The predicted molar refractivity (Wildman–Crippen MR) is 125 cm³/mol. The first-order valence-electron chi connectivity index (χ1n) is 11.0. The number of likely N-dealkylation sites (tertiary alicyclic amines) is 1. The molecule has 1 fully saturated rings. The summed E-state index contributed by atoms with van der Waals surface area (Å²) in [6.45, 7) is 5.73. The van der Waals surface area contributed by atoms with Gasteiger partial charge in [-0.2, -0.15) is 0 Å². The second-order valence-electron chi connectivity index (χ2n) is 8.36. The molecule has 8 nitrogen and oxygen atoms in total. The van der Waals surface area contributed by atoms with Crippen LogP contribution in [0.3, 0.4) is 0 Å². The summed E-state index contributed by atoms with van der Waals surface area (Å²) in [5.41, 5.74) is 0.428. The minimum Gasteiger partial charge on any atom is -0.467 e. The van der Waals surface area contributed by atoms with Crippen LogP contribution in [0.25, 0.3) is 10.9 Å². The van der Waals surface area contributed by atoms with Gasteiger partial charge in [-0.1, -0.05) is 18.7 Å². The Kier molecular flexibility index (Phi) is 6.88. The van der Waals surface area contributed by atoms with E-state index < -0.39 is 11.2 Å². The van der Waals surface area contributed by atoms with Crippen molar-refractivity contribution in [1.82, 2.24) is 14.5 Å². The average molecular weight is 470 g/mol. The Morgan fingerprint density at radius 3 is 2.70 bits per heavy atom. The Hall–Kier alpha value is -3.07. The minimum absolute atomic E-state index is 0.0362. The molecule has 1 atom stereocenters. The summed E-state index contributed by atoms with van der Waals surface area (Å²) in [5.74, 6) is 0.765. The fourth-order valence-electron chi connectivity index (χ4n) is 3.93. The quantitative estimate of drug-likeness (QED) is 0.309. The Morgan fingerprint density at radius 1 is 1.27 bits per heavy atom. The van der Waals surface area contributed by atoms with Crippen molar-refractivity contribution in [2.24, 2.45) is 5.92 Å². The number of piperidine rings is 1. The Labute approximate surface area is 195 Å². The van der Waals surface area contributed by atoms with Crippen LogP contribution in [-0.2, 0) is 16.1 Å². The number of rotatable bonds is 6. The van der Waals surface area contributed by atoms with E-state index in [-0.39, 0.29) is 18.0 Å². The number of aromatic nitrogens is 2. The largest absolute Gasteiger partial charge is 0.467 e. The maximum Gasteiger partial charge on any atom is 0.337 e. The first-order valence-corrected chi connectivity index (χ1v) is 11.9. The van der Waals surface area contributed by atoms with Gasteiger partial charge in [-0.25, -0.2) is 9.78 Å². The highest BCUT2D eigenvalue weighted by molar-refractivity contribution is 8.00. The van der Waals surface area contributed by atoms with Crippen LogP contribution in [-0.4, -0.2) is 51.8 Å². The molecule has 1 aliphatic heterocycles. The standard InChI is InChI=1S/C24H27N3O5S/c1-15-8-10-26(11-9-15)21(28)16(2)33-24-25-20-13-17(23(30)31-3)6-7-19(20)22(29)27(24)14-18-5-4-12-32-18/h4-7,12-13,15-16H,8-11,14H2,1-3H3. The number of carbonyl (C=O) groups is 2. The molecule has 0 saturated carbocycles. The number of esters is 1. The number of hydrogen-bond donors (Lipinski definition) is 0. The average Bonchev–Trinajstić information content (AvgIpc) is 3.34. The van der Waals surface area contributed by atoms with Gasteiger partial charge in [0.25, 0.3) is 5.56 Å². The Bertz CT molecular complexity index is 1210. The highest BCUT2D eigenvalue weighted by Crippen LogP contribution is 2.27. The van der Waals surface area contributed by atoms with Gasteiger partial charge in [0.1, 0.15) is 5.76 Å². The van der Waals surface area contributed by atoms with Crippen LogP contribution in [0, 0.1) is 5.92 Å². The van der Waals surface area contributed by atoms with Crippen molar-refractivity contribution >= 4 is 34.5 Å². The molecule has 1 aliphatic rings. The van der Waals surface area contributed by atoms with E-state index in [0.717, 1.165) is 25.9 Å². The lowest BCUT2D eigenvalue weighted by Gasteiger charge is -2.32. The molecule has 33 heavy (non-hydrogen) atoms. The van der Waals surface area contributed by atoms with Gasteiger partial charge >= 0.3 is 5.97 Å². The maximum atomic E-state index is 13.4. The van der Waals surface area contributed by atoms with Gasteiger partial charge in [0.15, 0.2) is 5.16 Å². The fourth-order valence-corrected chi connectivity index (χ4v) is 4.92. The van der Waals surface area contributed by atoms with Crippen molar-refractivity contribution in [2.75, 3.05) is 20.2 Å². The second-order valence-corrected chi connectivity index (χ2v) is 9.66. The molecule has 174 valence electrons. The molecule has 1 aromatic carbocycles. The van der Waals surface area contributed by atoms with E-state index in [1.807, 2.05) is 11.8 Å². The van der Waals surface area contributed by atoms with Gasteiger partial charge in [-0.3, -0.25) is 14.2 Å². The fraction of sp³-hybridized carbons (Fsp3) is 0.417. The Balaban J connectivity index is 1.70. The number of nitrogens with zero attached hydrogens (tertiary/aromatic N) is 3. The summed E-state index contributed by atoms with van der Waals surface area (Å²) in [7, 11) is 1.30. The number of hydrogen-bond acceptors (Lipinski definition) is 7. The molecule has 9 heteroatoms. The van der Waals surface area contributed by atoms with Gasteiger partial charge in [0.05, 0.1) is 41.6 Å². The lowest BCUT2D eigenvalue weighted by atomic mass is 9.99. The predicted octanol–water partition coefficient (Wildman–Crippen LogP) is 3.56. The second kappa shape index (κ2) is 9.82. The molecular formula is C24H27N3O5S. The third-order valence-electron chi connectivity index (χ3n) is 5.96. The van der Waals surface area contributed by atoms with E-state index in [1.165, 1.54) is 23.4 Å². The SMILES string of the molecule is COC(=O)c1ccc2c(=O)n(Cc3ccco3)c(SC(C)C(=O)N3CCC(C)CC3)nc2c1. The van der Waals surface area contributed by atoms with Crippen molar-refractivity contribution in [3.8, 4) is 0 Å². The van der Waals surface area contributed by atoms with Crippen molar-refractivity contribution in [1.29, 1.82) is 0 Å². The number of thioether (sulfide) groups is 1. The smallest absolute Gasteiger partial charge is 0.337 e. The van der Waals surface area contributed by atoms with Crippen molar-refractivity contribution < 1.29 is 18.7 Å². The van der Waals surface area contributed by atoms with Gasteiger partial charge in [0, 0.05) is 13.1 Å². The zero-order valence-electron chi connectivity index (χ0n) is 18.9. The maximum absolute atomic E-state index is 13.4. The van der Waals surface area contributed by atoms with Crippen LogP contribution < -0.4 is 5.56 Å². The molecule has 1 unspecified atom stereocenters. The molecule has 0 spiro atoms. The monoisotopic (exact) mass is 469 g/mol. The molecule has 0 bridgehead atoms. The van der Waals surface area contributed by atoms with Crippen molar-refractivity contribution in [2.45, 2.75) is 43.6 Å². The summed E-state index contributed by atoms with van der Waals surface area (Å²) in [6.07, 6.45) is 3.54. The molecule has 1 amide bonds. The van der Waals surface area contributed by atoms with Gasteiger partial charge in [-0.05, 0) is 56.0 Å². The molecule has 1 saturated heterocycles.